The Morgan fingerprint density at radius 3 is 2.61 bits per heavy atom. The van der Waals surface area contributed by atoms with Gasteiger partial charge in [0.2, 0.25) is 0 Å². The molecule has 0 fully saturated rings. The van der Waals surface area contributed by atoms with Crippen LogP contribution in [0, 0.1) is 0 Å². The SMILES string of the molecule is c1cc(CNCc2ccc3c(c2)OCCO3)co1. The lowest BCUT2D eigenvalue weighted by molar-refractivity contribution is 0.171. The Balaban J connectivity index is 1.59. The lowest BCUT2D eigenvalue weighted by Crippen LogP contribution is -2.16. The normalized spacial score (nSPS) is 13.6. The molecule has 0 saturated carbocycles. The summed E-state index contributed by atoms with van der Waals surface area (Å²) in [6.45, 7) is 2.84. The van der Waals surface area contributed by atoms with Crippen molar-refractivity contribution < 1.29 is 13.9 Å². The van der Waals surface area contributed by atoms with Gasteiger partial charge in [-0.3, -0.25) is 0 Å². The predicted molar refractivity (Wildman–Crippen MR) is 66.7 cm³/mol. The molecule has 0 bridgehead atoms. The number of furan rings is 1. The van der Waals surface area contributed by atoms with Gasteiger partial charge in [-0.2, -0.15) is 0 Å². The summed E-state index contributed by atoms with van der Waals surface area (Å²) in [6.07, 6.45) is 3.43. The molecule has 1 aliphatic rings. The third-order valence-electron chi connectivity index (χ3n) is 2.84. The molecule has 1 aromatic carbocycles. The van der Waals surface area contributed by atoms with Crippen LogP contribution in [-0.2, 0) is 13.1 Å². The van der Waals surface area contributed by atoms with Gasteiger partial charge in [-0.25, -0.2) is 0 Å². The van der Waals surface area contributed by atoms with Crippen LogP contribution >= 0.6 is 0 Å². The van der Waals surface area contributed by atoms with Crippen molar-refractivity contribution in [2.45, 2.75) is 13.1 Å². The molecule has 0 radical (unpaired) electrons. The van der Waals surface area contributed by atoms with E-state index in [9.17, 15) is 0 Å². The van der Waals surface area contributed by atoms with Crippen LogP contribution in [0.2, 0.25) is 0 Å². The molecule has 1 N–H and O–H groups in total. The maximum atomic E-state index is 5.55. The second kappa shape index (κ2) is 5.14. The van der Waals surface area contributed by atoms with Gasteiger partial charge in [-0.05, 0) is 23.8 Å². The average Bonchev–Trinajstić information content (AvgIpc) is 2.92. The molecule has 18 heavy (non-hydrogen) atoms. The summed E-state index contributed by atoms with van der Waals surface area (Å²) in [4.78, 5) is 0. The van der Waals surface area contributed by atoms with Crippen molar-refractivity contribution >= 4 is 0 Å². The summed E-state index contributed by atoms with van der Waals surface area (Å²) >= 11 is 0. The van der Waals surface area contributed by atoms with Gasteiger partial charge in [0.05, 0.1) is 12.5 Å². The molecule has 4 heteroatoms. The number of hydrogen-bond acceptors (Lipinski definition) is 4. The van der Waals surface area contributed by atoms with E-state index in [-0.39, 0.29) is 0 Å². The first-order valence-electron chi connectivity index (χ1n) is 6.02. The third-order valence-corrected chi connectivity index (χ3v) is 2.84. The van der Waals surface area contributed by atoms with Crippen LogP contribution in [0.3, 0.4) is 0 Å². The smallest absolute Gasteiger partial charge is 0.161 e. The maximum absolute atomic E-state index is 5.55. The molecule has 4 nitrogen and oxygen atoms in total. The zero-order valence-electron chi connectivity index (χ0n) is 10.0. The highest BCUT2D eigenvalue weighted by Crippen LogP contribution is 2.30. The highest BCUT2D eigenvalue weighted by Gasteiger charge is 2.11. The Morgan fingerprint density at radius 1 is 0.944 bits per heavy atom. The van der Waals surface area contributed by atoms with Crippen LogP contribution in [0.5, 0.6) is 11.5 Å². The fraction of sp³-hybridized carbons (Fsp3) is 0.286. The van der Waals surface area contributed by atoms with Crippen molar-refractivity contribution in [2.24, 2.45) is 0 Å². The quantitative estimate of drug-likeness (QED) is 0.898. The fourth-order valence-electron chi connectivity index (χ4n) is 1.94. The summed E-state index contributed by atoms with van der Waals surface area (Å²) in [5.74, 6) is 1.67. The van der Waals surface area contributed by atoms with Crippen molar-refractivity contribution in [1.82, 2.24) is 5.32 Å². The highest BCUT2D eigenvalue weighted by atomic mass is 16.6. The first kappa shape index (κ1) is 11.2. The van der Waals surface area contributed by atoms with E-state index in [0.717, 1.165) is 30.2 Å². The van der Waals surface area contributed by atoms with Crippen LogP contribution in [0.15, 0.2) is 41.2 Å². The molecule has 0 unspecified atom stereocenters. The zero-order chi connectivity index (χ0) is 12.2. The summed E-state index contributed by atoms with van der Waals surface area (Å²) in [6, 6.07) is 7.99. The fourth-order valence-corrected chi connectivity index (χ4v) is 1.94. The van der Waals surface area contributed by atoms with E-state index in [0.29, 0.717) is 13.2 Å². The molecule has 0 aliphatic carbocycles. The Kier molecular flexibility index (Phi) is 3.19. The van der Waals surface area contributed by atoms with Gasteiger partial charge < -0.3 is 19.2 Å². The number of nitrogens with one attached hydrogen (secondary N) is 1. The second-order valence-electron chi connectivity index (χ2n) is 4.21. The molecule has 0 saturated heterocycles. The van der Waals surface area contributed by atoms with Crippen LogP contribution in [0.25, 0.3) is 0 Å². The standard InChI is InChI=1S/C14H15NO3/c1-2-13-14(18-6-5-17-13)7-11(1)8-15-9-12-3-4-16-10-12/h1-4,7,10,15H,5-6,8-9H2. The van der Waals surface area contributed by atoms with Gasteiger partial charge >= 0.3 is 0 Å². The maximum Gasteiger partial charge on any atom is 0.161 e. The number of fused-ring (bicyclic) bond motifs is 1. The van der Waals surface area contributed by atoms with Gasteiger partial charge in [0.15, 0.2) is 11.5 Å². The number of benzene rings is 1. The summed E-state index contributed by atoms with van der Waals surface area (Å²) in [5.41, 5.74) is 2.33. The Labute approximate surface area is 106 Å². The topological polar surface area (TPSA) is 43.6 Å². The Hall–Kier alpha value is -1.94. The van der Waals surface area contributed by atoms with Gasteiger partial charge in [-0.1, -0.05) is 6.07 Å². The molecule has 0 atom stereocenters. The van der Waals surface area contributed by atoms with E-state index >= 15 is 0 Å². The molecule has 0 spiro atoms. The van der Waals surface area contributed by atoms with Crippen LogP contribution < -0.4 is 14.8 Å². The van der Waals surface area contributed by atoms with E-state index in [1.165, 1.54) is 5.56 Å². The third kappa shape index (κ3) is 2.49. The zero-order valence-corrected chi connectivity index (χ0v) is 10.0. The minimum atomic E-state index is 0.624. The van der Waals surface area contributed by atoms with E-state index in [1.807, 2.05) is 18.2 Å². The molecular formula is C14H15NO3. The first-order chi connectivity index (χ1) is 8.92. The van der Waals surface area contributed by atoms with Crippen LogP contribution in [0.4, 0.5) is 0 Å². The second-order valence-corrected chi connectivity index (χ2v) is 4.21. The predicted octanol–water partition coefficient (Wildman–Crippen LogP) is 2.34. The van der Waals surface area contributed by atoms with Crippen molar-refractivity contribution in [2.75, 3.05) is 13.2 Å². The number of hydrogen-bond donors (Lipinski definition) is 1. The van der Waals surface area contributed by atoms with Crippen molar-refractivity contribution in [3.05, 3.63) is 47.9 Å². The van der Waals surface area contributed by atoms with E-state index in [4.69, 9.17) is 13.9 Å². The van der Waals surface area contributed by atoms with Crippen molar-refractivity contribution in [3.63, 3.8) is 0 Å². The van der Waals surface area contributed by atoms with E-state index in [2.05, 4.69) is 11.4 Å². The molecule has 3 rings (SSSR count). The first-order valence-corrected chi connectivity index (χ1v) is 6.02. The van der Waals surface area contributed by atoms with Crippen molar-refractivity contribution in [1.29, 1.82) is 0 Å². The van der Waals surface area contributed by atoms with E-state index in [1.54, 1.807) is 12.5 Å². The summed E-state index contributed by atoms with van der Waals surface area (Å²) in [5, 5.41) is 3.35. The summed E-state index contributed by atoms with van der Waals surface area (Å²) in [7, 11) is 0. The molecule has 2 heterocycles. The Morgan fingerprint density at radius 2 is 1.78 bits per heavy atom. The number of ether oxygens (including phenoxy) is 2. The van der Waals surface area contributed by atoms with E-state index < -0.39 is 0 Å². The van der Waals surface area contributed by atoms with Gasteiger partial charge in [0.1, 0.15) is 13.2 Å². The molecule has 1 aromatic heterocycles. The largest absolute Gasteiger partial charge is 0.486 e. The van der Waals surface area contributed by atoms with Crippen LogP contribution in [0.1, 0.15) is 11.1 Å². The molecule has 94 valence electrons. The number of rotatable bonds is 4. The molecule has 1 aliphatic heterocycles. The highest BCUT2D eigenvalue weighted by molar-refractivity contribution is 5.43. The minimum absolute atomic E-state index is 0.624. The Bertz CT molecular complexity index is 508. The van der Waals surface area contributed by atoms with Crippen molar-refractivity contribution in [3.8, 4) is 11.5 Å². The lowest BCUT2D eigenvalue weighted by Gasteiger charge is -2.18. The van der Waals surface area contributed by atoms with Gasteiger partial charge in [0.25, 0.3) is 0 Å². The summed E-state index contributed by atoms with van der Waals surface area (Å²) < 4.78 is 16.0. The van der Waals surface area contributed by atoms with Crippen LogP contribution in [-0.4, -0.2) is 13.2 Å². The lowest BCUT2D eigenvalue weighted by atomic mass is 10.2. The molecule has 2 aromatic rings. The molecular weight excluding hydrogens is 230 g/mol. The molecule has 0 amide bonds. The average molecular weight is 245 g/mol. The monoisotopic (exact) mass is 245 g/mol. The van der Waals surface area contributed by atoms with Gasteiger partial charge in [0, 0.05) is 18.7 Å². The minimum Gasteiger partial charge on any atom is -0.486 e. The van der Waals surface area contributed by atoms with Gasteiger partial charge in [-0.15, -0.1) is 0 Å².